The second-order valence-electron chi connectivity index (χ2n) is 4.25. The minimum atomic E-state index is -0.620. The molecule has 1 aromatic rings. The third kappa shape index (κ3) is 3.21. The highest BCUT2D eigenvalue weighted by atomic mass is 16.6. The Bertz CT molecular complexity index is 496. The number of hydrogen-bond donors (Lipinski definition) is 0. The molecule has 0 aromatic heterocycles. The van der Waals surface area contributed by atoms with Gasteiger partial charge in [0.15, 0.2) is 0 Å². The second kappa shape index (κ2) is 6.17. The first-order valence-electron chi connectivity index (χ1n) is 5.95. The number of ether oxygens (including phenoxy) is 2. The van der Waals surface area contributed by atoms with E-state index in [2.05, 4.69) is 0 Å². The molecular weight excluding hydrogens is 250 g/mol. The van der Waals surface area contributed by atoms with Gasteiger partial charge in [-0.3, -0.25) is 10.1 Å². The fourth-order valence-electron chi connectivity index (χ4n) is 1.68. The number of benzene rings is 1. The van der Waals surface area contributed by atoms with Crippen molar-refractivity contribution in [3.8, 4) is 5.75 Å². The number of nitro groups is 1. The standard InChI is InChI=1S/C13H17NO5/c1-5-19-13(15)10-6-9(8(2)3)7-11(14(16)17)12(10)18-4/h6-8H,5H2,1-4H3. The van der Waals surface area contributed by atoms with E-state index in [-0.39, 0.29) is 29.5 Å². The quantitative estimate of drug-likeness (QED) is 0.465. The number of rotatable bonds is 5. The van der Waals surface area contributed by atoms with Gasteiger partial charge in [-0.2, -0.15) is 0 Å². The molecular formula is C13H17NO5. The number of nitro benzene ring substituents is 1. The molecule has 0 N–H and O–H groups in total. The summed E-state index contributed by atoms with van der Waals surface area (Å²) in [5.74, 6) is -0.629. The van der Waals surface area contributed by atoms with Gasteiger partial charge in [-0.05, 0) is 24.5 Å². The van der Waals surface area contributed by atoms with Crippen molar-refractivity contribution in [3.63, 3.8) is 0 Å². The van der Waals surface area contributed by atoms with E-state index in [0.29, 0.717) is 5.56 Å². The van der Waals surface area contributed by atoms with Crippen molar-refractivity contribution in [1.29, 1.82) is 0 Å². The van der Waals surface area contributed by atoms with Crippen molar-refractivity contribution in [2.75, 3.05) is 13.7 Å². The van der Waals surface area contributed by atoms with E-state index < -0.39 is 10.9 Å². The van der Waals surface area contributed by atoms with Crippen LogP contribution in [0.25, 0.3) is 0 Å². The molecule has 0 atom stereocenters. The van der Waals surface area contributed by atoms with Crippen LogP contribution in [0, 0.1) is 10.1 Å². The van der Waals surface area contributed by atoms with E-state index in [4.69, 9.17) is 9.47 Å². The Labute approximate surface area is 111 Å². The zero-order valence-electron chi connectivity index (χ0n) is 11.4. The van der Waals surface area contributed by atoms with Gasteiger partial charge in [0.05, 0.1) is 18.6 Å². The van der Waals surface area contributed by atoms with Crippen LogP contribution in [-0.2, 0) is 4.74 Å². The SMILES string of the molecule is CCOC(=O)c1cc(C(C)C)cc([N+](=O)[O-])c1OC. The number of carbonyl (C=O) groups is 1. The number of hydrogen-bond acceptors (Lipinski definition) is 5. The van der Waals surface area contributed by atoms with Gasteiger partial charge in [-0.15, -0.1) is 0 Å². The largest absolute Gasteiger partial charge is 0.490 e. The average molecular weight is 267 g/mol. The lowest BCUT2D eigenvalue weighted by Crippen LogP contribution is -2.09. The number of esters is 1. The van der Waals surface area contributed by atoms with Crippen molar-refractivity contribution < 1.29 is 19.2 Å². The summed E-state index contributed by atoms with van der Waals surface area (Å²) in [5.41, 5.74) is 0.551. The molecule has 19 heavy (non-hydrogen) atoms. The zero-order chi connectivity index (χ0) is 14.6. The normalized spacial score (nSPS) is 10.4. The van der Waals surface area contributed by atoms with Crippen LogP contribution in [0.1, 0.15) is 42.6 Å². The molecule has 0 saturated carbocycles. The summed E-state index contributed by atoms with van der Waals surface area (Å²) < 4.78 is 9.90. The Morgan fingerprint density at radius 2 is 2.05 bits per heavy atom. The van der Waals surface area contributed by atoms with Gasteiger partial charge >= 0.3 is 11.7 Å². The average Bonchev–Trinajstić information content (AvgIpc) is 2.36. The van der Waals surface area contributed by atoms with Crippen molar-refractivity contribution >= 4 is 11.7 Å². The van der Waals surface area contributed by atoms with Gasteiger partial charge < -0.3 is 9.47 Å². The second-order valence-corrected chi connectivity index (χ2v) is 4.25. The molecule has 6 heteroatoms. The third-order valence-corrected chi connectivity index (χ3v) is 2.65. The van der Waals surface area contributed by atoms with E-state index in [1.54, 1.807) is 13.0 Å². The van der Waals surface area contributed by atoms with Crippen LogP contribution in [0.15, 0.2) is 12.1 Å². The predicted molar refractivity (Wildman–Crippen MR) is 69.7 cm³/mol. The predicted octanol–water partition coefficient (Wildman–Crippen LogP) is 2.90. The molecule has 1 aromatic carbocycles. The molecule has 0 radical (unpaired) electrons. The van der Waals surface area contributed by atoms with E-state index in [0.717, 1.165) is 0 Å². The highest BCUT2D eigenvalue weighted by molar-refractivity contribution is 5.94. The first-order chi connectivity index (χ1) is 8.92. The van der Waals surface area contributed by atoms with E-state index >= 15 is 0 Å². The number of carbonyl (C=O) groups excluding carboxylic acids is 1. The summed E-state index contributed by atoms with van der Waals surface area (Å²) in [5, 5.41) is 11.1. The first kappa shape index (κ1) is 14.9. The maximum atomic E-state index is 11.8. The van der Waals surface area contributed by atoms with Crippen LogP contribution in [0.4, 0.5) is 5.69 Å². The van der Waals surface area contributed by atoms with Crippen molar-refractivity contribution in [3.05, 3.63) is 33.4 Å². The van der Waals surface area contributed by atoms with Crippen molar-refractivity contribution in [2.24, 2.45) is 0 Å². The lowest BCUT2D eigenvalue weighted by molar-refractivity contribution is -0.385. The molecule has 0 unspecified atom stereocenters. The first-order valence-corrected chi connectivity index (χ1v) is 5.95. The molecule has 6 nitrogen and oxygen atoms in total. The summed E-state index contributed by atoms with van der Waals surface area (Å²) in [6.45, 7) is 5.65. The number of methoxy groups -OCH3 is 1. The number of nitrogens with zero attached hydrogens (tertiary/aromatic N) is 1. The van der Waals surface area contributed by atoms with Crippen LogP contribution in [0.5, 0.6) is 5.75 Å². The molecule has 0 amide bonds. The van der Waals surface area contributed by atoms with Gasteiger partial charge in [0.1, 0.15) is 5.56 Å². The lowest BCUT2D eigenvalue weighted by Gasteiger charge is -2.12. The van der Waals surface area contributed by atoms with Gasteiger partial charge in [-0.1, -0.05) is 13.8 Å². The van der Waals surface area contributed by atoms with Crippen LogP contribution < -0.4 is 4.74 Å². The maximum Gasteiger partial charge on any atom is 0.342 e. The topological polar surface area (TPSA) is 78.7 Å². The Hall–Kier alpha value is -2.11. The van der Waals surface area contributed by atoms with Crippen LogP contribution in [-0.4, -0.2) is 24.6 Å². The molecule has 1 rings (SSSR count). The molecule has 0 spiro atoms. The maximum absolute atomic E-state index is 11.8. The molecule has 0 aliphatic carbocycles. The van der Waals surface area contributed by atoms with Crippen LogP contribution >= 0.6 is 0 Å². The molecule has 0 fully saturated rings. The minimum absolute atomic E-state index is 0.0535. The highest BCUT2D eigenvalue weighted by Gasteiger charge is 2.26. The Kier molecular flexibility index (Phi) is 4.86. The Morgan fingerprint density at radius 3 is 2.47 bits per heavy atom. The molecule has 0 heterocycles. The van der Waals surface area contributed by atoms with Gasteiger partial charge in [0.2, 0.25) is 5.75 Å². The molecule has 0 saturated heterocycles. The van der Waals surface area contributed by atoms with Gasteiger partial charge in [0.25, 0.3) is 0 Å². The monoisotopic (exact) mass is 267 g/mol. The molecule has 0 bridgehead atoms. The molecule has 104 valence electrons. The fourth-order valence-corrected chi connectivity index (χ4v) is 1.68. The minimum Gasteiger partial charge on any atom is -0.490 e. The summed E-state index contributed by atoms with van der Waals surface area (Å²) in [6.07, 6.45) is 0. The van der Waals surface area contributed by atoms with E-state index in [1.807, 2.05) is 13.8 Å². The van der Waals surface area contributed by atoms with Gasteiger partial charge in [0, 0.05) is 6.07 Å². The van der Waals surface area contributed by atoms with Crippen LogP contribution in [0.3, 0.4) is 0 Å². The van der Waals surface area contributed by atoms with Crippen molar-refractivity contribution in [1.82, 2.24) is 0 Å². The van der Waals surface area contributed by atoms with Gasteiger partial charge in [-0.25, -0.2) is 4.79 Å². The van der Waals surface area contributed by atoms with Crippen LogP contribution in [0.2, 0.25) is 0 Å². The lowest BCUT2D eigenvalue weighted by atomic mass is 9.99. The summed E-state index contributed by atoms with van der Waals surface area (Å²) in [6, 6.07) is 3.00. The Balaban J connectivity index is 3.48. The molecule has 0 aliphatic rings. The zero-order valence-corrected chi connectivity index (χ0v) is 11.4. The summed E-state index contributed by atoms with van der Waals surface area (Å²) >= 11 is 0. The Morgan fingerprint density at radius 1 is 1.42 bits per heavy atom. The third-order valence-electron chi connectivity index (χ3n) is 2.65. The highest BCUT2D eigenvalue weighted by Crippen LogP contribution is 2.35. The summed E-state index contributed by atoms with van der Waals surface area (Å²) in [4.78, 5) is 22.3. The van der Waals surface area contributed by atoms with Crippen molar-refractivity contribution in [2.45, 2.75) is 26.7 Å². The fraction of sp³-hybridized carbons (Fsp3) is 0.462. The van der Waals surface area contributed by atoms with E-state index in [9.17, 15) is 14.9 Å². The van der Waals surface area contributed by atoms with E-state index in [1.165, 1.54) is 13.2 Å². The summed E-state index contributed by atoms with van der Waals surface area (Å²) in [7, 11) is 1.29. The smallest absolute Gasteiger partial charge is 0.342 e. The molecule has 0 aliphatic heterocycles.